The summed E-state index contributed by atoms with van der Waals surface area (Å²) in [6, 6.07) is 59.0. The van der Waals surface area contributed by atoms with Crippen molar-refractivity contribution in [3.8, 4) is 22.3 Å². The quantitative estimate of drug-likeness (QED) is 0.205. The van der Waals surface area contributed by atoms with Crippen LogP contribution in [-0.4, -0.2) is 0 Å². The molecule has 0 aliphatic rings. The van der Waals surface area contributed by atoms with Gasteiger partial charge in [0.2, 0.25) is 0 Å². The number of hydrogen-bond donors (Lipinski definition) is 0. The molecule has 0 bridgehead atoms. The summed E-state index contributed by atoms with van der Waals surface area (Å²) < 4.78 is 2.63. The van der Waals surface area contributed by atoms with E-state index < -0.39 is 0 Å². The molecule has 198 valence electrons. The zero-order valence-corrected chi connectivity index (χ0v) is 23.8. The first kappa shape index (κ1) is 24.6. The molecular formula is C40H27NS. The van der Waals surface area contributed by atoms with Gasteiger partial charge in [0, 0.05) is 42.6 Å². The van der Waals surface area contributed by atoms with Crippen LogP contribution in [0.3, 0.4) is 0 Å². The zero-order chi connectivity index (χ0) is 27.9. The molecule has 8 aromatic rings. The Hall–Kier alpha value is -5.18. The Morgan fingerprint density at radius 2 is 0.952 bits per heavy atom. The topological polar surface area (TPSA) is 3.24 Å². The molecule has 0 amide bonds. The highest BCUT2D eigenvalue weighted by Crippen LogP contribution is 2.45. The van der Waals surface area contributed by atoms with E-state index in [2.05, 4.69) is 169 Å². The van der Waals surface area contributed by atoms with Crippen LogP contribution < -0.4 is 4.90 Å². The van der Waals surface area contributed by atoms with Crippen LogP contribution in [0.4, 0.5) is 17.1 Å². The van der Waals surface area contributed by atoms with E-state index in [9.17, 15) is 0 Å². The van der Waals surface area contributed by atoms with E-state index in [1.807, 2.05) is 11.3 Å². The van der Waals surface area contributed by atoms with Crippen molar-refractivity contribution in [2.75, 3.05) is 4.90 Å². The third kappa shape index (κ3) is 4.25. The summed E-state index contributed by atoms with van der Waals surface area (Å²) in [6.45, 7) is 0. The highest BCUT2D eigenvalue weighted by molar-refractivity contribution is 7.26. The second-order valence-corrected chi connectivity index (χ2v) is 11.6. The standard InChI is InChI=1S/C40H27NS/c1-4-13-28(14-5-1)30-17-12-20-32(25-30)41(31-18-8-3-9-19-31)33-23-24-35-38-27-37(29-15-6-2-7-16-29)34-21-10-11-22-36(34)40(38)42-39(35)26-33/h1-27H. The van der Waals surface area contributed by atoms with Crippen LogP contribution in [0.5, 0.6) is 0 Å². The van der Waals surface area contributed by atoms with Crippen molar-refractivity contribution in [1.29, 1.82) is 0 Å². The zero-order valence-electron chi connectivity index (χ0n) is 22.9. The first-order valence-corrected chi connectivity index (χ1v) is 15.1. The highest BCUT2D eigenvalue weighted by Gasteiger charge is 2.17. The van der Waals surface area contributed by atoms with Crippen LogP contribution in [0, 0.1) is 0 Å². The molecule has 0 aliphatic heterocycles. The van der Waals surface area contributed by atoms with Gasteiger partial charge >= 0.3 is 0 Å². The molecule has 8 rings (SSSR count). The molecule has 0 spiro atoms. The second-order valence-electron chi connectivity index (χ2n) is 10.6. The summed E-state index contributed by atoms with van der Waals surface area (Å²) in [4.78, 5) is 2.36. The van der Waals surface area contributed by atoms with Gasteiger partial charge in [0.25, 0.3) is 0 Å². The molecule has 0 unspecified atom stereocenters. The lowest BCUT2D eigenvalue weighted by Gasteiger charge is -2.26. The van der Waals surface area contributed by atoms with Crippen molar-refractivity contribution in [2.24, 2.45) is 0 Å². The Labute approximate surface area is 249 Å². The van der Waals surface area contributed by atoms with Crippen molar-refractivity contribution in [1.82, 2.24) is 0 Å². The van der Waals surface area contributed by atoms with Crippen molar-refractivity contribution >= 4 is 59.3 Å². The van der Waals surface area contributed by atoms with E-state index in [0.717, 1.165) is 17.1 Å². The van der Waals surface area contributed by atoms with Crippen LogP contribution in [0.1, 0.15) is 0 Å². The Morgan fingerprint density at radius 3 is 1.71 bits per heavy atom. The van der Waals surface area contributed by atoms with E-state index >= 15 is 0 Å². The number of thiophene rings is 1. The first-order chi connectivity index (χ1) is 20.8. The third-order valence-electron chi connectivity index (χ3n) is 8.03. The van der Waals surface area contributed by atoms with Gasteiger partial charge in [-0.3, -0.25) is 0 Å². The van der Waals surface area contributed by atoms with Gasteiger partial charge in [-0.25, -0.2) is 0 Å². The van der Waals surface area contributed by atoms with Gasteiger partial charge in [-0.05, 0) is 70.1 Å². The molecule has 0 saturated heterocycles. The number of fused-ring (bicyclic) bond motifs is 5. The fourth-order valence-electron chi connectivity index (χ4n) is 6.06. The SMILES string of the molecule is c1ccc(-c2cccc(N(c3ccccc3)c3ccc4c(c3)sc3c5ccccc5c(-c5ccccc5)cc43)c2)cc1. The lowest BCUT2D eigenvalue weighted by atomic mass is 9.95. The lowest BCUT2D eigenvalue weighted by Crippen LogP contribution is -2.09. The van der Waals surface area contributed by atoms with Gasteiger partial charge < -0.3 is 4.90 Å². The molecule has 7 aromatic carbocycles. The van der Waals surface area contributed by atoms with E-state index in [4.69, 9.17) is 0 Å². The monoisotopic (exact) mass is 553 g/mol. The van der Waals surface area contributed by atoms with Gasteiger partial charge in [-0.1, -0.05) is 121 Å². The molecule has 1 nitrogen and oxygen atoms in total. The number of para-hydroxylation sites is 1. The molecular weight excluding hydrogens is 527 g/mol. The summed E-state index contributed by atoms with van der Waals surface area (Å²) >= 11 is 1.89. The summed E-state index contributed by atoms with van der Waals surface area (Å²) in [6.07, 6.45) is 0. The molecule has 1 heterocycles. The third-order valence-corrected chi connectivity index (χ3v) is 9.23. The largest absolute Gasteiger partial charge is 0.310 e. The average Bonchev–Trinajstić information content (AvgIpc) is 3.44. The number of rotatable bonds is 5. The normalized spacial score (nSPS) is 11.3. The van der Waals surface area contributed by atoms with Crippen LogP contribution in [0.15, 0.2) is 164 Å². The Morgan fingerprint density at radius 1 is 0.357 bits per heavy atom. The molecule has 0 saturated carbocycles. The van der Waals surface area contributed by atoms with Crippen molar-refractivity contribution in [3.05, 3.63) is 164 Å². The minimum Gasteiger partial charge on any atom is -0.310 e. The van der Waals surface area contributed by atoms with E-state index in [-0.39, 0.29) is 0 Å². The highest BCUT2D eigenvalue weighted by atomic mass is 32.1. The van der Waals surface area contributed by atoms with Gasteiger partial charge in [-0.2, -0.15) is 0 Å². The van der Waals surface area contributed by atoms with Crippen LogP contribution in [0.2, 0.25) is 0 Å². The maximum Gasteiger partial charge on any atom is 0.0476 e. The summed E-state index contributed by atoms with van der Waals surface area (Å²) in [5.41, 5.74) is 8.38. The maximum absolute atomic E-state index is 2.39. The van der Waals surface area contributed by atoms with Gasteiger partial charge in [-0.15, -0.1) is 11.3 Å². The predicted molar refractivity (Wildman–Crippen MR) is 182 cm³/mol. The predicted octanol–water partition coefficient (Wildman–Crippen LogP) is 12.0. The molecule has 0 fully saturated rings. The van der Waals surface area contributed by atoms with E-state index in [1.54, 1.807) is 0 Å². The summed E-state index contributed by atoms with van der Waals surface area (Å²) in [5, 5.41) is 5.22. The van der Waals surface area contributed by atoms with Gasteiger partial charge in [0.1, 0.15) is 0 Å². The lowest BCUT2D eigenvalue weighted by molar-refractivity contribution is 1.29. The maximum atomic E-state index is 2.39. The molecule has 1 aromatic heterocycles. The smallest absolute Gasteiger partial charge is 0.0476 e. The first-order valence-electron chi connectivity index (χ1n) is 14.3. The molecule has 0 N–H and O–H groups in total. The molecule has 0 radical (unpaired) electrons. The Kier molecular flexibility index (Phi) is 6.05. The minimum atomic E-state index is 1.14. The van der Waals surface area contributed by atoms with Crippen molar-refractivity contribution in [3.63, 3.8) is 0 Å². The molecule has 0 atom stereocenters. The van der Waals surface area contributed by atoms with E-state index in [1.165, 1.54) is 53.2 Å². The van der Waals surface area contributed by atoms with Crippen LogP contribution >= 0.6 is 11.3 Å². The van der Waals surface area contributed by atoms with E-state index in [0.29, 0.717) is 0 Å². The summed E-state index contributed by atoms with van der Waals surface area (Å²) in [5.74, 6) is 0. The fraction of sp³-hybridized carbons (Fsp3) is 0. The van der Waals surface area contributed by atoms with Gasteiger partial charge in [0.15, 0.2) is 0 Å². The minimum absolute atomic E-state index is 1.14. The molecule has 0 aliphatic carbocycles. The fourth-order valence-corrected chi connectivity index (χ4v) is 7.32. The van der Waals surface area contributed by atoms with Crippen molar-refractivity contribution < 1.29 is 0 Å². The Balaban J connectivity index is 1.33. The average molecular weight is 554 g/mol. The van der Waals surface area contributed by atoms with Crippen LogP contribution in [-0.2, 0) is 0 Å². The summed E-state index contributed by atoms with van der Waals surface area (Å²) in [7, 11) is 0. The van der Waals surface area contributed by atoms with Crippen LogP contribution in [0.25, 0.3) is 53.2 Å². The number of anilines is 3. The molecule has 42 heavy (non-hydrogen) atoms. The number of benzene rings is 7. The second kappa shape index (κ2) is 10.3. The van der Waals surface area contributed by atoms with Gasteiger partial charge in [0.05, 0.1) is 0 Å². The number of nitrogens with zero attached hydrogens (tertiary/aromatic N) is 1. The van der Waals surface area contributed by atoms with Crippen molar-refractivity contribution in [2.45, 2.75) is 0 Å². The Bertz CT molecular complexity index is 2180. The number of hydrogen-bond acceptors (Lipinski definition) is 2. The molecule has 2 heteroatoms.